The first-order valence-corrected chi connectivity index (χ1v) is 9.39. The van der Waals surface area contributed by atoms with Gasteiger partial charge < -0.3 is 4.74 Å². The number of morpholine rings is 1. The quantitative estimate of drug-likeness (QED) is 0.838. The fraction of sp³-hybridized carbons (Fsp3) is 0.476. The number of likely N-dealkylation sites (tertiary alicyclic amines) is 1. The highest BCUT2D eigenvalue weighted by Crippen LogP contribution is 2.28. The Morgan fingerprint density at radius 2 is 1.76 bits per heavy atom. The minimum atomic E-state index is 0.556. The standard InChI is InChI=1S/C21H27N3O/c1-2-5-18(6-3-1)15-21-20(23-11-13-25-14-12-23)8-10-24(21)17-19-7-4-9-22-16-19/h1-7,9,16,20-21H,8,10-15,17H2/t20-,21+/m1/s1. The van der Waals surface area contributed by atoms with Crippen molar-refractivity contribution in [1.29, 1.82) is 0 Å². The number of pyridine rings is 1. The fourth-order valence-corrected chi connectivity index (χ4v) is 4.28. The van der Waals surface area contributed by atoms with E-state index in [4.69, 9.17) is 4.74 Å². The normalized spacial score (nSPS) is 25.3. The van der Waals surface area contributed by atoms with Gasteiger partial charge in [0.25, 0.3) is 0 Å². The highest BCUT2D eigenvalue weighted by Gasteiger charge is 2.38. The number of rotatable bonds is 5. The zero-order valence-corrected chi connectivity index (χ0v) is 14.8. The van der Waals surface area contributed by atoms with Crippen LogP contribution >= 0.6 is 0 Å². The summed E-state index contributed by atoms with van der Waals surface area (Å²) in [4.78, 5) is 9.60. The molecule has 4 rings (SSSR count). The Balaban J connectivity index is 1.52. The van der Waals surface area contributed by atoms with Crippen molar-refractivity contribution in [2.45, 2.75) is 31.5 Å². The van der Waals surface area contributed by atoms with Gasteiger partial charge in [0.1, 0.15) is 0 Å². The first-order chi connectivity index (χ1) is 12.4. The Morgan fingerprint density at radius 1 is 0.960 bits per heavy atom. The largest absolute Gasteiger partial charge is 0.379 e. The molecule has 132 valence electrons. The van der Waals surface area contributed by atoms with E-state index in [1.54, 1.807) is 0 Å². The summed E-state index contributed by atoms with van der Waals surface area (Å²) in [7, 11) is 0. The zero-order chi connectivity index (χ0) is 16.9. The van der Waals surface area contributed by atoms with E-state index in [2.05, 4.69) is 51.2 Å². The molecule has 2 aliphatic heterocycles. The Hall–Kier alpha value is -1.75. The highest BCUT2D eigenvalue weighted by atomic mass is 16.5. The van der Waals surface area contributed by atoms with Gasteiger partial charge in [-0.25, -0.2) is 0 Å². The maximum Gasteiger partial charge on any atom is 0.0594 e. The van der Waals surface area contributed by atoms with Crippen LogP contribution in [0.3, 0.4) is 0 Å². The van der Waals surface area contributed by atoms with Gasteiger partial charge in [0.2, 0.25) is 0 Å². The molecule has 0 bridgehead atoms. The van der Waals surface area contributed by atoms with Crippen LogP contribution in [0.25, 0.3) is 0 Å². The van der Waals surface area contributed by atoms with Crippen molar-refractivity contribution in [1.82, 2.24) is 14.8 Å². The summed E-state index contributed by atoms with van der Waals surface area (Å²) in [6.45, 7) is 6.03. The maximum absolute atomic E-state index is 5.57. The van der Waals surface area contributed by atoms with Gasteiger partial charge in [-0.3, -0.25) is 14.8 Å². The molecule has 4 heteroatoms. The van der Waals surface area contributed by atoms with E-state index in [9.17, 15) is 0 Å². The Labute approximate surface area is 150 Å². The number of nitrogens with zero attached hydrogens (tertiary/aromatic N) is 3. The first-order valence-electron chi connectivity index (χ1n) is 9.39. The van der Waals surface area contributed by atoms with Crippen LogP contribution in [0, 0.1) is 0 Å². The molecule has 4 nitrogen and oxygen atoms in total. The summed E-state index contributed by atoms with van der Waals surface area (Å²) in [5, 5.41) is 0. The van der Waals surface area contributed by atoms with Gasteiger partial charge in [-0.15, -0.1) is 0 Å². The van der Waals surface area contributed by atoms with Gasteiger partial charge in [0.05, 0.1) is 13.2 Å². The molecule has 25 heavy (non-hydrogen) atoms. The van der Waals surface area contributed by atoms with Crippen LogP contribution in [0.2, 0.25) is 0 Å². The molecule has 0 radical (unpaired) electrons. The number of benzene rings is 1. The predicted molar refractivity (Wildman–Crippen MR) is 99.4 cm³/mol. The SMILES string of the molecule is c1ccc(C[C@H]2[C@H](N3CCOCC3)CCN2Cc2cccnc2)cc1. The number of aromatic nitrogens is 1. The summed E-state index contributed by atoms with van der Waals surface area (Å²) >= 11 is 0. The van der Waals surface area contributed by atoms with E-state index in [0.29, 0.717) is 12.1 Å². The molecule has 1 aromatic heterocycles. The number of ether oxygens (including phenoxy) is 1. The molecule has 0 saturated carbocycles. The van der Waals surface area contributed by atoms with Crippen molar-refractivity contribution in [2.75, 3.05) is 32.8 Å². The molecule has 2 atom stereocenters. The van der Waals surface area contributed by atoms with Crippen LogP contribution in [0.5, 0.6) is 0 Å². The molecule has 0 aliphatic carbocycles. The van der Waals surface area contributed by atoms with Crippen LogP contribution in [0.15, 0.2) is 54.9 Å². The van der Waals surface area contributed by atoms with Crippen molar-refractivity contribution in [3.05, 3.63) is 66.0 Å². The van der Waals surface area contributed by atoms with E-state index in [1.807, 2.05) is 18.5 Å². The van der Waals surface area contributed by atoms with Gasteiger partial charge in [-0.05, 0) is 30.0 Å². The van der Waals surface area contributed by atoms with E-state index in [1.165, 1.54) is 17.5 Å². The second kappa shape index (κ2) is 8.09. The summed E-state index contributed by atoms with van der Waals surface area (Å²) in [6.07, 6.45) is 6.22. The fourth-order valence-electron chi connectivity index (χ4n) is 4.28. The van der Waals surface area contributed by atoms with Crippen molar-refractivity contribution >= 4 is 0 Å². The lowest BCUT2D eigenvalue weighted by atomic mass is 9.98. The second-order valence-electron chi connectivity index (χ2n) is 7.09. The van der Waals surface area contributed by atoms with Crippen molar-refractivity contribution < 1.29 is 4.74 Å². The van der Waals surface area contributed by atoms with Gasteiger partial charge in [0, 0.05) is 50.7 Å². The number of hydrogen-bond acceptors (Lipinski definition) is 4. The van der Waals surface area contributed by atoms with Gasteiger partial charge in [0.15, 0.2) is 0 Å². The molecule has 0 spiro atoms. The van der Waals surface area contributed by atoms with E-state index in [0.717, 1.165) is 45.8 Å². The van der Waals surface area contributed by atoms with Crippen molar-refractivity contribution in [2.24, 2.45) is 0 Å². The van der Waals surface area contributed by atoms with Crippen molar-refractivity contribution in [3.63, 3.8) is 0 Å². The Kier molecular flexibility index (Phi) is 5.40. The summed E-state index contributed by atoms with van der Waals surface area (Å²) in [5.74, 6) is 0. The molecular formula is C21H27N3O. The van der Waals surface area contributed by atoms with E-state index >= 15 is 0 Å². The molecule has 2 fully saturated rings. The molecule has 0 N–H and O–H groups in total. The average Bonchev–Trinajstić information content (AvgIpc) is 3.06. The Morgan fingerprint density at radius 3 is 2.52 bits per heavy atom. The van der Waals surface area contributed by atoms with Crippen LogP contribution in [-0.2, 0) is 17.7 Å². The molecule has 0 unspecified atom stereocenters. The molecule has 2 saturated heterocycles. The minimum Gasteiger partial charge on any atom is -0.379 e. The van der Waals surface area contributed by atoms with Gasteiger partial charge in [-0.2, -0.15) is 0 Å². The van der Waals surface area contributed by atoms with Crippen LogP contribution in [-0.4, -0.2) is 59.7 Å². The monoisotopic (exact) mass is 337 g/mol. The summed E-state index contributed by atoms with van der Waals surface area (Å²) in [5.41, 5.74) is 2.74. The average molecular weight is 337 g/mol. The van der Waals surface area contributed by atoms with E-state index in [-0.39, 0.29) is 0 Å². The summed E-state index contributed by atoms with van der Waals surface area (Å²) in [6, 6.07) is 16.3. The molecule has 2 aromatic rings. The van der Waals surface area contributed by atoms with Crippen LogP contribution in [0.1, 0.15) is 17.5 Å². The first kappa shape index (κ1) is 16.7. The molecule has 1 aromatic carbocycles. The third kappa shape index (κ3) is 4.09. The molecule has 3 heterocycles. The lowest BCUT2D eigenvalue weighted by Gasteiger charge is -2.37. The second-order valence-corrected chi connectivity index (χ2v) is 7.09. The summed E-state index contributed by atoms with van der Waals surface area (Å²) < 4.78 is 5.57. The van der Waals surface area contributed by atoms with Crippen LogP contribution in [0.4, 0.5) is 0 Å². The molecular weight excluding hydrogens is 310 g/mol. The highest BCUT2D eigenvalue weighted by molar-refractivity contribution is 5.18. The molecule has 0 amide bonds. The Bertz CT molecular complexity index is 643. The topological polar surface area (TPSA) is 28.6 Å². The van der Waals surface area contributed by atoms with Crippen molar-refractivity contribution in [3.8, 4) is 0 Å². The third-order valence-corrected chi connectivity index (χ3v) is 5.54. The van der Waals surface area contributed by atoms with Gasteiger partial charge >= 0.3 is 0 Å². The van der Waals surface area contributed by atoms with Crippen LogP contribution < -0.4 is 0 Å². The minimum absolute atomic E-state index is 0.556. The zero-order valence-electron chi connectivity index (χ0n) is 14.8. The molecule has 2 aliphatic rings. The smallest absolute Gasteiger partial charge is 0.0594 e. The predicted octanol–water partition coefficient (Wildman–Crippen LogP) is 2.60. The van der Waals surface area contributed by atoms with E-state index < -0.39 is 0 Å². The lowest BCUT2D eigenvalue weighted by molar-refractivity contribution is 0.00788. The third-order valence-electron chi connectivity index (χ3n) is 5.54. The lowest BCUT2D eigenvalue weighted by Crippen LogP contribution is -2.50. The van der Waals surface area contributed by atoms with Gasteiger partial charge in [-0.1, -0.05) is 36.4 Å². The maximum atomic E-state index is 5.57. The number of hydrogen-bond donors (Lipinski definition) is 0.